The van der Waals surface area contributed by atoms with Crippen LogP contribution < -0.4 is 21.6 Å². The highest BCUT2D eigenvalue weighted by Gasteiger charge is 2.30. The summed E-state index contributed by atoms with van der Waals surface area (Å²) in [6.07, 6.45) is 3.78. The van der Waals surface area contributed by atoms with Crippen molar-refractivity contribution in [3.05, 3.63) is 68.6 Å². The number of hydrogen-bond donors (Lipinski definition) is 2. The normalized spacial score (nSPS) is 14.0. The number of allylic oxidation sites excluding steroid dienone is 2. The number of halogens is 3. The molecule has 0 saturated carbocycles. The van der Waals surface area contributed by atoms with E-state index in [1.165, 1.54) is 6.07 Å². The molecule has 0 amide bonds. The summed E-state index contributed by atoms with van der Waals surface area (Å²) >= 11 is 0. The van der Waals surface area contributed by atoms with Gasteiger partial charge < -0.3 is 10.5 Å². The largest absolute Gasteiger partial charge is 0.424 e. The maximum Gasteiger partial charge on any atom is 0.416 e. The van der Waals surface area contributed by atoms with E-state index in [0.29, 0.717) is 52.5 Å². The van der Waals surface area contributed by atoms with Crippen molar-refractivity contribution < 1.29 is 18.4 Å². The molecule has 0 saturated heterocycles. The molecule has 2 aromatic rings. The van der Waals surface area contributed by atoms with Gasteiger partial charge in [0.2, 0.25) is 0 Å². The van der Waals surface area contributed by atoms with E-state index < -0.39 is 17.4 Å². The number of aryl methyl sites for hydroxylation is 1. The van der Waals surface area contributed by atoms with Crippen molar-refractivity contribution in [2.45, 2.75) is 38.8 Å². The number of nitrogens with one attached hydrogen (secondary N) is 1. The number of benzene rings is 1. The fourth-order valence-corrected chi connectivity index (χ4v) is 3.31. The van der Waals surface area contributed by atoms with Crippen LogP contribution in [0.3, 0.4) is 0 Å². The lowest BCUT2D eigenvalue weighted by Crippen LogP contribution is -2.46. The Balaban J connectivity index is 1.78. The molecule has 5 nitrogen and oxygen atoms in total. The summed E-state index contributed by atoms with van der Waals surface area (Å²) < 4.78 is 39.0. The molecule has 1 aromatic carbocycles. The SMILES string of the molecule is CC1=c2c(c(NCCCc3cccc(C(F)(F)F)c3)nc(=O)n2O)=CC=CCC1. The highest BCUT2D eigenvalue weighted by atomic mass is 19.4. The average molecular weight is 405 g/mol. The first-order valence-electron chi connectivity index (χ1n) is 9.36. The summed E-state index contributed by atoms with van der Waals surface area (Å²) in [5.74, 6) is 0.352. The van der Waals surface area contributed by atoms with Gasteiger partial charge in [0.05, 0.1) is 10.9 Å². The fourth-order valence-electron chi connectivity index (χ4n) is 3.31. The smallest absolute Gasteiger partial charge is 0.416 e. The lowest BCUT2D eigenvalue weighted by Gasteiger charge is -2.11. The van der Waals surface area contributed by atoms with Crippen molar-refractivity contribution in [1.82, 2.24) is 9.71 Å². The molecule has 8 heteroatoms. The zero-order valence-corrected chi connectivity index (χ0v) is 16.0. The quantitative estimate of drug-likeness (QED) is 0.593. The molecule has 29 heavy (non-hydrogen) atoms. The first-order chi connectivity index (χ1) is 13.8. The number of alkyl halides is 3. The molecule has 1 heterocycles. The highest BCUT2D eigenvalue weighted by molar-refractivity contribution is 5.53. The van der Waals surface area contributed by atoms with E-state index in [2.05, 4.69) is 10.3 Å². The summed E-state index contributed by atoms with van der Waals surface area (Å²) in [5, 5.41) is 14.2. The minimum absolute atomic E-state index is 0.352. The second-order valence-electron chi connectivity index (χ2n) is 6.96. The van der Waals surface area contributed by atoms with Crippen LogP contribution in [0, 0.1) is 0 Å². The zero-order chi connectivity index (χ0) is 21.0. The molecule has 1 aliphatic carbocycles. The maximum atomic E-state index is 12.8. The van der Waals surface area contributed by atoms with Crippen LogP contribution in [0.15, 0.2) is 41.2 Å². The van der Waals surface area contributed by atoms with Gasteiger partial charge >= 0.3 is 11.9 Å². The molecule has 0 radical (unpaired) electrons. The second-order valence-corrected chi connectivity index (χ2v) is 6.96. The summed E-state index contributed by atoms with van der Waals surface area (Å²) in [6, 6.07) is 5.26. The Kier molecular flexibility index (Phi) is 6.10. The Hall–Kier alpha value is -3.03. The van der Waals surface area contributed by atoms with Crippen LogP contribution in [-0.4, -0.2) is 21.5 Å². The van der Waals surface area contributed by atoms with Crippen LogP contribution >= 0.6 is 0 Å². The van der Waals surface area contributed by atoms with Gasteiger partial charge in [-0.2, -0.15) is 18.2 Å². The number of nitrogens with zero attached hydrogens (tertiary/aromatic N) is 2. The van der Waals surface area contributed by atoms with Crippen LogP contribution in [0.5, 0.6) is 0 Å². The van der Waals surface area contributed by atoms with E-state index in [9.17, 15) is 23.2 Å². The van der Waals surface area contributed by atoms with Crippen LogP contribution in [0.25, 0.3) is 11.6 Å². The number of rotatable bonds is 5. The van der Waals surface area contributed by atoms with Crippen molar-refractivity contribution >= 4 is 17.5 Å². The minimum atomic E-state index is -4.36. The van der Waals surface area contributed by atoms with Gasteiger partial charge in [0.15, 0.2) is 0 Å². The minimum Gasteiger partial charge on any atom is -0.424 e. The Morgan fingerprint density at radius 2 is 2.10 bits per heavy atom. The van der Waals surface area contributed by atoms with Crippen LogP contribution in [0.4, 0.5) is 19.0 Å². The molecule has 3 rings (SSSR count). The third-order valence-corrected chi connectivity index (χ3v) is 4.79. The molecule has 0 bridgehead atoms. The monoisotopic (exact) mass is 405 g/mol. The van der Waals surface area contributed by atoms with Gasteiger partial charge in [-0.25, -0.2) is 4.79 Å². The average Bonchev–Trinajstić information content (AvgIpc) is 2.65. The van der Waals surface area contributed by atoms with Gasteiger partial charge in [0.25, 0.3) is 0 Å². The summed E-state index contributed by atoms with van der Waals surface area (Å²) in [6.45, 7) is 2.27. The number of hydrogen-bond acceptors (Lipinski definition) is 4. The molecule has 0 aliphatic heterocycles. The van der Waals surface area contributed by atoms with Gasteiger partial charge in [0.1, 0.15) is 5.82 Å². The molecule has 0 unspecified atom stereocenters. The third kappa shape index (κ3) is 4.88. The van der Waals surface area contributed by atoms with Gasteiger partial charge in [-0.05, 0) is 55.9 Å². The molecular formula is C21H22F3N3O2. The highest BCUT2D eigenvalue weighted by Crippen LogP contribution is 2.29. The lowest BCUT2D eigenvalue weighted by atomic mass is 10.1. The van der Waals surface area contributed by atoms with Crippen molar-refractivity contribution in [1.29, 1.82) is 0 Å². The predicted octanol–water partition coefficient (Wildman–Crippen LogP) is 2.85. The van der Waals surface area contributed by atoms with Crippen molar-refractivity contribution in [3.8, 4) is 0 Å². The van der Waals surface area contributed by atoms with Gasteiger partial charge in [-0.3, -0.25) is 0 Å². The van der Waals surface area contributed by atoms with Gasteiger partial charge in [-0.1, -0.05) is 30.4 Å². The first-order valence-corrected chi connectivity index (χ1v) is 9.36. The molecule has 0 spiro atoms. The maximum absolute atomic E-state index is 12.8. The first kappa shape index (κ1) is 20.7. The van der Waals surface area contributed by atoms with Gasteiger partial charge in [0, 0.05) is 11.8 Å². The Morgan fingerprint density at radius 3 is 2.86 bits per heavy atom. The van der Waals surface area contributed by atoms with E-state index in [1.54, 1.807) is 12.1 Å². The van der Waals surface area contributed by atoms with Crippen LogP contribution in [0.1, 0.15) is 37.3 Å². The van der Waals surface area contributed by atoms with Crippen LogP contribution in [0.2, 0.25) is 0 Å². The van der Waals surface area contributed by atoms with Crippen molar-refractivity contribution in [2.24, 2.45) is 0 Å². The standard InChI is InChI=1S/C21H22F3N3O2/c1-14-7-3-2-4-11-17-18(14)27(29)20(28)26-19(17)25-12-6-9-15-8-5-10-16(13-15)21(22,23)24/h2,4-5,8,10-11,13,29H,3,6-7,9,12H2,1H3,(H,25,26,28). The fraction of sp³-hybridized carbons (Fsp3) is 0.333. The van der Waals surface area contributed by atoms with E-state index in [-0.39, 0.29) is 0 Å². The van der Waals surface area contributed by atoms with E-state index in [4.69, 9.17) is 0 Å². The van der Waals surface area contributed by atoms with E-state index in [1.807, 2.05) is 19.1 Å². The summed E-state index contributed by atoms with van der Waals surface area (Å²) in [5.41, 5.74) is 0.0235. The number of fused-ring (bicyclic) bond motifs is 1. The molecule has 1 aliphatic rings. The molecule has 1 aromatic heterocycles. The van der Waals surface area contributed by atoms with Gasteiger partial charge in [-0.15, -0.1) is 4.73 Å². The topological polar surface area (TPSA) is 67.2 Å². The summed E-state index contributed by atoms with van der Waals surface area (Å²) in [7, 11) is 0. The molecular weight excluding hydrogens is 383 g/mol. The van der Waals surface area contributed by atoms with Crippen molar-refractivity contribution in [2.75, 3.05) is 11.9 Å². The van der Waals surface area contributed by atoms with Crippen LogP contribution in [-0.2, 0) is 12.6 Å². The Bertz CT molecular complexity index is 1100. The summed E-state index contributed by atoms with van der Waals surface area (Å²) in [4.78, 5) is 16.0. The third-order valence-electron chi connectivity index (χ3n) is 4.79. The zero-order valence-electron chi connectivity index (χ0n) is 16.0. The Labute approximate surface area is 165 Å². The lowest BCUT2D eigenvalue weighted by molar-refractivity contribution is -0.137. The van der Waals surface area contributed by atoms with Crippen molar-refractivity contribution in [3.63, 3.8) is 0 Å². The number of anilines is 1. The second kappa shape index (κ2) is 8.55. The number of aromatic nitrogens is 2. The van der Waals surface area contributed by atoms with E-state index in [0.717, 1.165) is 24.1 Å². The predicted molar refractivity (Wildman–Crippen MR) is 105 cm³/mol. The molecule has 154 valence electrons. The molecule has 0 atom stereocenters. The molecule has 0 fully saturated rings. The molecule has 2 N–H and O–H groups in total. The Morgan fingerprint density at radius 1 is 1.31 bits per heavy atom. The van der Waals surface area contributed by atoms with E-state index >= 15 is 0 Å².